The molecule has 5 aliphatic rings. The van der Waals surface area contributed by atoms with Gasteiger partial charge in [-0.3, -0.25) is 14.7 Å². The molecule has 3 fully saturated rings. The number of aliphatic hydroxyl groups is 1. The average molecular weight is 447 g/mol. The van der Waals surface area contributed by atoms with Crippen molar-refractivity contribution in [1.29, 1.82) is 0 Å². The molecule has 33 heavy (non-hydrogen) atoms. The third-order valence-corrected chi connectivity index (χ3v) is 9.33. The van der Waals surface area contributed by atoms with E-state index in [0.29, 0.717) is 24.2 Å². The standard InChI is InChI=1S/C27H30N2O4/c30-20-4-3-18-14-22-27(32)8-5-19(13-21(31)17-6-10-28-11-7-17)25-26(27,23(18)24(20)33-25)9-12-29(22)15-16-1-2-16/h3-4,6-7,10-11,16,19,22,25,30,32H,1-2,5,8-9,12-15H2/t19-,22+,25-,26-,27+/m0/s1. The molecular weight excluding hydrogens is 416 g/mol. The van der Waals surface area contributed by atoms with Crippen LogP contribution in [0.25, 0.3) is 0 Å². The van der Waals surface area contributed by atoms with Gasteiger partial charge in [0, 0.05) is 48.4 Å². The minimum absolute atomic E-state index is 0.000627. The second-order valence-corrected chi connectivity index (χ2v) is 11.0. The van der Waals surface area contributed by atoms with E-state index in [2.05, 4.69) is 9.88 Å². The fourth-order valence-corrected chi connectivity index (χ4v) is 7.69. The number of carbonyl (C=O) groups is 1. The summed E-state index contributed by atoms with van der Waals surface area (Å²) in [7, 11) is 0. The average Bonchev–Trinajstić information content (AvgIpc) is 3.56. The number of hydrogen-bond donors (Lipinski definition) is 2. The molecule has 2 N–H and O–H groups in total. The number of ketones is 1. The molecule has 1 aromatic heterocycles. The van der Waals surface area contributed by atoms with Crippen molar-refractivity contribution in [3.05, 3.63) is 53.3 Å². The molecule has 2 aromatic rings. The molecule has 172 valence electrons. The predicted octanol–water partition coefficient (Wildman–Crippen LogP) is 3.24. The summed E-state index contributed by atoms with van der Waals surface area (Å²) in [6.45, 7) is 2.00. The van der Waals surface area contributed by atoms with Crippen LogP contribution >= 0.6 is 0 Å². The van der Waals surface area contributed by atoms with Crippen LogP contribution < -0.4 is 4.74 Å². The summed E-state index contributed by atoms with van der Waals surface area (Å²) in [5.41, 5.74) is 1.44. The van der Waals surface area contributed by atoms with Crippen LogP contribution in [-0.2, 0) is 11.8 Å². The lowest BCUT2D eigenvalue weighted by Gasteiger charge is -2.64. The Labute approximate surface area is 193 Å². The van der Waals surface area contributed by atoms with Crippen molar-refractivity contribution in [2.24, 2.45) is 11.8 Å². The number of benzene rings is 1. The third kappa shape index (κ3) is 2.62. The topological polar surface area (TPSA) is 82.9 Å². The van der Waals surface area contributed by atoms with Gasteiger partial charge in [-0.15, -0.1) is 0 Å². The van der Waals surface area contributed by atoms with Gasteiger partial charge in [0.25, 0.3) is 0 Å². The lowest BCUT2D eigenvalue weighted by atomic mass is 9.47. The lowest BCUT2D eigenvalue weighted by molar-refractivity contribution is -0.197. The maximum Gasteiger partial charge on any atom is 0.165 e. The summed E-state index contributed by atoms with van der Waals surface area (Å²) in [6, 6.07) is 7.37. The van der Waals surface area contributed by atoms with Crippen LogP contribution in [0.4, 0.5) is 0 Å². The van der Waals surface area contributed by atoms with Crippen LogP contribution in [0.2, 0.25) is 0 Å². The molecule has 1 aromatic carbocycles. The SMILES string of the molecule is O=C(C[C@@H]1CC[C@@]2(O)[C@H]3Cc4ccc(O)c5c4[C@@]2(CCN3CC2CC2)[C@H]1O5)c1ccncc1. The monoisotopic (exact) mass is 446 g/mol. The fraction of sp³-hybridized carbons (Fsp3) is 0.556. The second kappa shape index (κ2) is 6.80. The van der Waals surface area contributed by atoms with E-state index in [1.807, 2.05) is 6.07 Å². The zero-order chi connectivity index (χ0) is 22.4. The van der Waals surface area contributed by atoms with E-state index in [1.165, 1.54) is 18.4 Å². The van der Waals surface area contributed by atoms with Gasteiger partial charge in [-0.2, -0.15) is 0 Å². The molecular formula is C27H30N2O4. The van der Waals surface area contributed by atoms with Crippen LogP contribution in [0.5, 0.6) is 11.5 Å². The number of phenols is 1. The Balaban J connectivity index is 1.31. The number of piperidine rings is 1. The summed E-state index contributed by atoms with van der Waals surface area (Å²) < 4.78 is 6.56. The summed E-state index contributed by atoms with van der Waals surface area (Å²) in [4.78, 5) is 19.7. The van der Waals surface area contributed by atoms with E-state index in [-0.39, 0.29) is 29.6 Å². The van der Waals surface area contributed by atoms with Crippen molar-refractivity contribution < 1.29 is 19.7 Å². The van der Waals surface area contributed by atoms with E-state index in [1.54, 1.807) is 30.6 Å². The molecule has 1 spiro atoms. The zero-order valence-electron chi connectivity index (χ0n) is 18.7. The number of carbonyl (C=O) groups excluding carboxylic acids is 1. The van der Waals surface area contributed by atoms with E-state index < -0.39 is 11.0 Å². The number of ether oxygens (including phenoxy) is 1. The number of aromatic hydroxyl groups is 1. The van der Waals surface area contributed by atoms with Crippen molar-refractivity contribution in [3.8, 4) is 11.5 Å². The first-order chi connectivity index (χ1) is 16.0. The number of likely N-dealkylation sites (tertiary alicyclic amines) is 1. The Hall–Kier alpha value is -2.44. The molecule has 0 unspecified atom stereocenters. The molecule has 5 atom stereocenters. The zero-order valence-corrected chi connectivity index (χ0v) is 18.7. The van der Waals surface area contributed by atoms with Gasteiger partial charge < -0.3 is 14.9 Å². The van der Waals surface area contributed by atoms with Gasteiger partial charge in [-0.1, -0.05) is 6.07 Å². The maximum atomic E-state index is 13.1. The highest BCUT2D eigenvalue weighted by atomic mass is 16.5. The van der Waals surface area contributed by atoms with E-state index in [9.17, 15) is 15.0 Å². The van der Waals surface area contributed by atoms with Crippen molar-refractivity contribution >= 4 is 5.78 Å². The molecule has 3 aliphatic carbocycles. The summed E-state index contributed by atoms with van der Waals surface area (Å²) >= 11 is 0. The molecule has 2 bridgehead atoms. The normalized spacial score (nSPS) is 36.2. The van der Waals surface area contributed by atoms with Gasteiger partial charge in [0.05, 0.1) is 11.0 Å². The van der Waals surface area contributed by atoms with Gasteiger partial charge in [0.15, 0.2) is 17.3 Å². The van der Waals surface area contributed by atoms with Crippen LogP contribution in [0.15, 0.2) is 36.7 Å². The summed E-state index contributed by atoms with van der Waals surface area (Å²) in [5.74, 6) is 1.56. The molecule has 7 rings (SSSR count). The fourth-order valence-electron chi connectivity index (χ4n) is 7.69. The Morgan fingerprint density at radius 3 is 2.76 bits per heavy atom. The van der Waals surface area contributed by atoms with Gasteiger partial charge >= 0.3 is 0 Å². The van der Waals surface area contributed by atoms with E-state index >= 15 is 0 Å². The molecule has 0 radical (unpaired) electrons. The quantitative estimate of drug-likeness (QED) is 0.686. The first-order valence-electron chi connectivity index (χ1n) is 12.4. The van der Waals surface area contributed by atoms with Crippen molar-refractivity contribution in [2.75, 3.05) is 13.1 Å². The lowest BCUT2D eigenvalue weighted by Crippen LogP contribution is -2.76. The Bertz CT molecular complexity index is 1130. The van der Waals surface area contributed by atoms with Gasteiger partial charge in [-0.05, 0) is 74.8 Å². The van der Waals surface area contributed by atoms with Crippen LogP contribution in [0, 0.1) is 11.8 Å². The number of hydrogen-bond acceptors (Lipinski definition) is 6. The molecule has 3 heterocycles. The van der Waals surface area contributed by atoms with E-state index in [0.717, 1.165) is 43.8 Å². The van der Waals surface area contributed by atoms with Crippen molar-refractivity contribution in [2.45, 2.75) is 68.1 Å². The number of phenolic OH excluding ortho intramolecular Hbond substituents is 1. The molecule has 0 amide bonds. The first kappa shape index (κ1) is 20.0. The summed E-state index contributed by atoms with van der Waals surface area (Å²) in [5, 5.41) is 23.2. The third-order valence-electron chi connectivity index (χ3n) is 9.33. The van der Waals surface area contributed by atoms with Crippen molar-refractivity contribution in [1.82, 2.24) is 9.88 Å². The molecule has 2 saturated carbocycles. The minimum Gasteiger partial charge on any atom is -0.504 e. The number of pyridine rings is 1. The number of rotatable bonds is 5. The number of aromatic nitrogens is 1. The Morgan fingerprint density at radius 1 is 1.15 bits per heavy atom. The highest BCUT2D eigenvalue weighted by Gasteiger charge is 2.72. The predicted molar refractivity (Wildman–Crippen MR) is 121 cm³/mol. The van der Waals surface area contributed by atoms with Gasteiger partial charge in [-0.25, -0.2) is 0 Å². The van der Waals surface area contributed by atoms with Gasteiger partial charge in [0.2, 0.25) is 0 Å². The second-order valence-electron chi connectivity index (χ2n) is 11.0. The van der Waals surface area contributed by atoms with E-state index in [4.69, 9.17) is 4.74 Å². The minimum atomic E-state index is -0.896. The smallest absolute Gasteiger partial charge is 0.165 e. The Kier molecular flexibility index (Phi) is 4.11. The summed E-state index contributed by atoms with van der Waals surface area (Å²) in [6.07, 6.45) is 9.00. The van der Waals surface area contributed by atoms with Crippen LogP contribution in [0.1, 0.15) is 60.0 Å². The molecule has 2 aliphatic heterocycles. The van der Waals surface area contributed by atoms with Gasteiger partial charge in [0.1, 0.15) is 6.10 Å². The molecule has 6 heteroatoms. The first-order valence-corrected chi connectivity index (χ1v) is 12.4. The molecule has 6 nitrogen and oxygen atoms in total. The van der Waals surface area contributed by atoms with Crippen LogP contribution in [-0.4, -0.2) is 56.7 Å². The van der Waals surface area contributed by atoms with Crippen molar-refractivity contribution in [3.63, 3.8) is 0 Å². The van der Waals surface area contributed by atoms with Crippen LogP contribution in [0.3, 0.4) is 0 Å². The highest BCUT2D eigenvalue weighted by molar-refractivity contribution is 5.96. The number of nitrogens with zero attached hydrogens (tertiary/aromatic N) is 2. The Morgan fingerprint density at radius 2 is 1.97 bits per heavy atom. The molecule has 1 saturated heterocycles. The maximum absolute atomic E-state index is 13.1. The largest absolute Gasteiger partial charge is 0.504 e. The number of Topliss-reactive ketones (excluding diaryl/α,β-unsaturated/α-hetero) is 1. The highest BCUT2D eigenvalue weighted by Crippen LogP contribution is 2.66.